The maximum atomic E-state index is 10.2. The van der Waals surface area contributed by atoms with E-state index in [1.165, 1.54) is 0 Å². The summed E-state index contributed by atoms with van der Waals surface area (Å²) in [4.78, 5) is 14.2. The second-order valence-electron chi connectivity index (χ2n) is 2.45. The summed E-state index contributed by atoms with van der Waals surface area (Å²) in [5.74, 6) is 0. The SMILES string of the molecule is CCCn1cncc1CC=O. The minimum atomic E-state index is 0.472. The third kappa shape index (κ3) is 1.90. The van der Waals surface area contributed by atoms with E-state index in [1.54, 1.807) is 12.5 Å². The van der Waals surface area contributed by atoms with Gasteiger partial charge in [-0.25, -0.2) is 4.98 Å². The Morgan fingerprint density at radius 3 is 3.18 bits per heavy atom. The molecular weight excluding hydrogens is 140 g/mol. The predicted octanol–water partition coefficient (Wildman–Crippen LogP) is 1.03. The molecule has 1 aromatic heterocycles. The molecule has 60 valence electrons. The first-order chi connectivity index (χ1) is 5.38. The van der Waals surface area contributed by atoms with Crippen LogP contribution in [0.4, 0.5) is 0 Å². The number of aromatic nitrogens is 2. The van der Waals surface area contributed by atoms with Crippen LogP contribution in [0.5, 0.6) is 0 Å². The second kappa shape index (κ2) is 3.91. The molecule has 0 bridgehead atoms. The minimum Gasteiger partial charge on any atom is -0.334 e. The van der Waals surface area contributed by atoms with Crippen molar-refractivity contribution >= 4 is 6.29 Å². The number of nitrogens with zero attached hydrogens (tertiary/aromatic N) is 2. The molecule has 0 unspecified atom stereocenters. The number of carbonyl (C=O) groups is 1. The normalized spacial score (nSPS) is 9.91. The average Bonchev–Trinajstić information content (AvgIpc) is 2.39. The van der Waals surface area contributed by atoms with Crippen LogP contribution < -0.4 is 0 Å². The largest absolute Gasteiger partial charge is 0.334 e. The summed E-state index contributed by atoms with van der Waals surface area (Å²) in [6.07, 6.45) is 5.96. The highest BCUT2D eigenvalue weighted by Crippen LogP contribution is 1.99. The van der Waals surface area contributed by atoms with Crippen LogP contribution in [0.1, 0.15) is 19.0 Å². The Labute approximate surface area is 66.1 Å². The molecule has 1 heterocycles. The number of rotatable bonds is 4. The molecule has 0 aromatic carbocycles. The van der Waals surface area contributed by atoms with Gasteiger partial charge in [-0.05, 0) is 6.42 Å². The molecule has 0 N–H and O–H groups in total. The standard InChI is InChI=1S/C8H12N2O/c1-2-4-10-7-9-6-8(10)3-5-11/h5-7H,2-4H2,1H3. The van der Waals surface area contributed by atoms with Crippen LogP contribution in [0.2, 0.25) is 0 Å². The molecule has 0 saturated carbocycles. The van der Waals surface area contributed by atoms with Gasteiger partial charge >= 0.3 is 0 Å². The molecule has 11 heavy (non-hydrogen) atoms. The van der Waals surface area contributed by atoms with E-state index in [0.29, 0.717) is 6.42 Å². The fraction of sp³-hybridized carbons (Fsp3) is 0.500. The van der Waals surface area contributed by atoms with E-state index in [4.69, 9.17) is 0 Å². The number of hydrogen-bond donors (Lipinski definition) is 0. The van der Waals surface area contributed by atoms with Crippen molar-refractivity contribution < 1.29 is 4.79 Å². The first-order valence-electron chi connectivity index (χ1n) is 3.81. The summed E-state index contributed by atoms with van der Waals surface area (Å²) in [5.41, 5.74) is 1.00. The number of hydrogen-bond acceptors (Lipinski definition) is 2. The smallest absolute Gasteiger partial charge is 0.125 e. The first-order valence-corrected chi connectivity index (χ1v) is 3.81. The van der Waals surface area contributed by atoms with Crippen molar-refractivity contribution in [2.24, 2.45) is 0 Å². The van der Waals surface area contributed by atoms with Crippen LogP contribution >= 0.6 is 0 Å². The molecule has 0 atom stereocenters. The van der Waals surface area contributed by atoms with Crippen molar-refractivity contribution in [2.75, 3.05) is 0 Å². The van der Waals surface area contributed by atoms with Crippen LogP contribution in [0.3, 0.4) is 0 Å². The van der Waals surface area contributed by atoms with Gasteiger partial charge in [0.25, 0.3) is 0 Å². The van der Waals surface area contributed by atoms with E-state index in [1.807, 2.05) is 4.57 Å². The second-order valence-corrected chi connectivity index (χ2v) is 2.45. The lowest BCUT2D eigenvalue weighted by Gasteiger charge is -2.01. The van der Waals surface area contributed by atoms with Gasteiger partial charge in [0.05, 0.1) is 6.33 Å². The summed E-state index contributed by atoms with van der Waals surface area (Å²) in [7, 11) is 0. The average molecular weight is 152 g/mol. The van der Waals surface area contributed by atoms with E-state index in [0.717, 1.165) is 24.9 Å². The maximum Gasteiger partial charge on any atom is 0.125 e. The molecule has 0 aliphatic heterocycles. The first kappa shape index (κ1) is 7.98. The Kier molecular flexibility index (Phi) is 2.83. The Morgan fingerprint density at radius 2 is 2.55 bits per heavy atom. The Balaban J connectivity index is 2.69. The molecule has 0 aliphatic carbocycles. The summed E-state index contributed by atoms with van der Waals surface area (Å²) in [5, 5.41) is 0. The minimum absolute atomic E-state index is 0.472. The molecule has 0 saturated heterocycles. The summed E-state index contributed by atoms with van der Waals surface area (Å²) >= 11 is 0. The fourth-order valence-corrected chi connectivity index (χ4v) is 1.05. The Bertz CT molecular complexity index is 230. The molecule has 3 nitrogen and oxygen atoms in total. The van der Waals surface area contributed by atoms with Gasteiger partial charge in [0, 0.05) is 24.9 Å². The van der Waals surface area contributed by atoms with Crippen molar-refractivity contribution in [3.05, 3.63) is 18.2 Å². The van der Waals surface area contributed by atoms with Gasteiger partial charge in [-0.3, -0.25) is 0 Å². The zero-order valence-corrected chi connectivity index (χ0v) is 6.66. The van der Waals surface area contributed by atoms with Crippen molar-refractivity contribution in [3.63, 3.8) is 0 Å². The number of aryl methyl sites for hydroxylation is 1. The highest BCUT2D eigenvalue weighted by Gasteiger charge is 1.98. The Hall–Kier alpha value is -1.12. The lowest BCUT2D eigenvalue weighted by Crippen LogP contribution is -2.01. The molecule has 0 amide bonds. The lowest BCUT2D eigenvalue weighted by molar-refractivity contribution is -0.107. The van der Waals surface area contributed by atoms with Gasteiger partial charge in [-0.15, -0.1) is 0 Å². The van der Waals surface area contributed by atoms with Gasteiger partial charge < -0.3 is 9.36 Å². The third-order valence-electron chi connectivity index (χ3n) is 1.56. The Morgan fingerprint density at radius 1 is 1.73 bits per heavy atom. The molecule has 1 rings (SSSR count). The van der Waals surface area contributed by atoms with Crippen molar-refractivity contribution in [2.45, 2.75) is 26.3 Å². The van der Waals surface area contributed by atoms with Crippen LogP contribution in [0.25, 0.3) is 0 Å². The number of carbonyl (C=O) groups excluding carboxylic acids is 1. The van der Waals surface area contributed by atoms with Crippen molar-refractivity contribution in [1.82, 2.24) is 9.55 Å². The van der Waals surface area contributed by atoms with Crippen LogP contribution in [0.15, 0.2) is 12.5 Å². The van der Waals surface area contributed by atoms with Gasteiger partial charge in [-0.2, -0.15) is 0 Å². The van der Waals surface area contributed by atoms with Crippen LogP contribution in [-0.4, -0.2) is 15.8 Å². The quantitative estimate of drug-likeness (QED) is 0.604. The highest BCUT2D eigenvalue weighted by molar-refractivity contribution is 5.53. The van der Waals surface area contributed by atoms with E-state index < -0.39 is 0 Å². The van der Waals surface area contributed by atoms with E-state index in [-0.39, 0.29) is 0 Å². The highest BCUT2D eigenvalue weighted by atomic mass is 16.1. The molecule has 0 spiro atoms. The fourth-order valence-electron chi connectivity index (χ4n) is 1.05. The zero-order valence-electron chi connectivity index (χ0n) is 6.66. The van der Waals surface area contributed by atoms with Crippen LogP contribution in [0, 0.1) is 0 Å². The molecule has 0 radical (unpaired) electrons. The zero-order chi connectivity index (χ0) is 8.10. The van der Waals surface area contributed by atoms with Crippen molar-refractivity contribution in [1.29, 1.82) is 0 Å². The summed E-state index contributed by atoms with van der Waals surface area (Å²) in [6, 6.07) is 0. The maximum absolute atomic E-state index is 10.2. The molecule has 3 heteroatoms. The summed E-state index contributed by atoms with van der Waals surface area (Å²) in [6.45, 7) is 3.05. The molecule has 1 aromatic rings. The van der Waals surface area contributed by atoms with E-state index >= 15 is 0 Å². The summed E-state index contributed by atoms with van der Waals surface area (Å²) < 4.78 is 2.01. The monoisotopic (exact) mass is 152 g/mol. The van der Waals surface area contributed by atoms with Gasteiger partial charge in [0.1, 0.15) is 6.29 Å². The molecule has 0 fully saturated rings. The van der Waals surface area contributed by atoms with Crippen LogP contribution in [-0.2, 0) is 17.8 Å². The van der Waals surface area contributed by atoms with E-state index in [2.05, 4.69) is 11.9 Å². The number of aldehydes is 1. The topological polar surface area (TPSA) is 34.9 Å². The predicted molar refractivity (Wildman–Crippen MR) is 42.3 cm³/mol. The van der Waals surface area contributed by atoms with Gasteiger partial charge in [-0.1, -0.05) is 6.92 Å². The van der Waals surface area contributed by atoms with Gasteiger partial charge in [0.2, 0.25) is 0 Å². The van der Waals surface area contributed by atoms with Gasteiger partial charge in [0.15, 0.2) is 0 Å². The molecule has 0 aliphatic rings. The van der Waals surface area contributed by atoms with Crippen molar-refractivity contribution in [3.8, 4) is 0 Å². The van der Waals surface area contributed by atoms with E-state index in [9.17, 15) is 4.79 Å². The molecular formula is C8H12N2O. The third-order valence-corrected chi connectivity index (χ3v) is 1.56. The lowest BCUT2D eigenvalue weighted by atomic mass is 10.3. The number of imidazole rings is 1.